The van der Waals surface area contributed by atoms with Gasteiger partial charge in [0.2, 0.25) is 0 Å². The van der Waals surface area contributed by atoms with Crippen LogP contribution in [0.25, 0.3) is 0 Å². The summed E-state index contributed by atoms with van der Waals surface area (Å²) in [5, 5.41) is 0. The van der Waals surface area contributed by atoms with Gasteiger partial charge >= 0.3 is 6.09 Å². The molecule has 0 aromatic heterocycles. The van der Waals surface area contributed by atoms with E-state index in [0.29, 0.717) is 26.4 Å². The zero-order valence-electron chi connectivity index (χ0n) is 13.4. The first-order valence-electron chi connectivity index (χ1n) is 6.83. The largest absolute Gasteiger partial charge is 0.447 e. The van der Waals surface area contributed by atoms with Gasteiger partial charge in [-0.25, -0.2) is 4.79 Å². The molecule has 0 N–H and O–H groups in total. The minimum absolute atomic E-state index is 0.281. The highest BCUT2D eigenvalue weighted by Crippen LogP contribution is 2.17. The van der Waals surface area contributed by atoms with Crippen LogP contribution >= 0.6 is 0 Å². The molecule has 0 spiro atoms. The van der Waals surface area contributed by atoms with E-state index in [-0.39, 0.29) is 11.5 Å². The summed E-state index contributed by atoms with van der Waals surface area (Å²) in [6.07, 6.45) is 0.713. The number of rotatable bonds is 8. The third-order valence-electron chi connectivity index (χ3n) is 2.64. The molecule has 0 aliphatic carbocycles. The topological polar surface area (TPSA) is 42.0 Å². The van der Waals surface area contributed by atoms with Crippen molar-refractivity contribution in [3.05, 3.63) is 0 Å². The van der Waals surface area contributed by atoms with Crippen molar-refractivity contribution in [3.8, 4) is 0 Å². The predicted molar refractivity (Wildman–Crippen MR) is 77.4 cm³/mol. The molecule has 5 nitrogen and oxygen atoms in total. The number of nitrogens with zero attached hydrogens (tertiary/aromatic N) is 2. The highest BCUT2D eigenvalue weighted by Gasteiger charge is 2.11. The fourth-order valence-electron chi connectivity index (χ4n) is 1.22. The quantitative estimate of drug-likeness (QED) is 0.635. The van der Waals surface area contributed by atoms with Gasteiger partial charge in [0.25, 0.3) is 0 Å². The standard InChI is InChI=1S/C14H30N2O3/c1-14(2,3)7-10-18-11-12-19-13(17)16(6)9-8-15(4)5/h7-12H2,1-6H3. The summed E-state index contributed by atoms with van der Waals surface area (Å²) in [7, 11) is 5.69. The van der Waals surface area contributed by atoms with Gasteiger partial charge in [0.05, 0.1) is 6.61 Å². The summed E-state index contributed by atoms with van der Waals surface area (Å²) in [5.41, 5.74) is 0.281. The van der Waals surface area contributed by atoms with Crippen molar-refractivity contribution in [3.63, 3.8) is 0 Å². The molecular weight excluding hydrogens is 244 g/mol. The highest BCUT2D eigenvalue weighted by atomic mass is 16.6. The molecular formula is C14H30N2O3. The summed E-state index contributed by atoms with van der Waals surface area (Å²) < 4.78 is 10.5. The number of likely N-dealkylation sites (N-methyl/N-ethyl adjacent to an activating group) is 2. The molecule has 114 valence electrons. The number of carbonyl (C=O) groups excluding carboxylic acids is 1. The monoisotopic (exact) mass is 274 g/mol. The third kappa shape index (κ3) is 12.0. The van der Waals surface area contributed by atoms with Crippen molar-refractivity contribution in [2.45, 2.75) is 27.2 Å². The van der Waals surface area contributed by atoms with E-state index >= 15 is 0 Å². The van der Waals surface area contributed by atoms with Gasteiger partial charge in [-0.2, -0.15) is 0 Å². The van der Waals surface area contributed by atoms with Crippen molar-refractivity contribution in [1.82, 2.24) is 9.80 Å². The third-order valence-corrected chi connectivity index (χ3v) is 2.64. The highest BCUT2D eigenvalue weighted by molar-refractivity contribution is 5.67. The van der Waals surface area contributed by atoms with Crippen LogP contribution in [-0.2, 0) is 9.47 Å². The van der Waals surface area contributed by atoms with E-state index in [0.717, 1.165) is 13.0 Å². The van der Waals surface area contributed by atoms with E-state index in [1.807, 2.05) is 19.0 Å². The maximum absolute atomic E-state index is 11.6. The minimum atomic E-state index is -0.290. The first kappa shape index (κ1) is 18.2. The Kier molecular flexibility index (Phi) is 8.76. The van der Waals surface area contributed by atoms with Crippen molar-refractivity contribution in [2.75, 3.05) is 54.1 Å². The van der Waals surface area contributed by atoms with E-state index in [2.05, 4.69) is 20.8 Å². The number of hydrogen-bond donors (Lipinski definition) is 0. The Balaban J connectivity index is 3.52. The van der Waals surface area contributed by atoms with Gasteiger partial charge < -0.3 is 19.3 Å². The lowest BCUT2D eigenvalue weighted by molar-refractivity contribution is 0.0493. The van der Waals surface area contributed by atoms with E-state index in [4.69, 9.17) is 9.47 Å². The van der Waals surface area contributed by atoms with Crippen LogP contribution in [0.3, 0.4) is 0 Å². The molecule has 0 saturated carbocycles. The smallest absolute Gasteiger partial charge is 0.409 e. The molecule has 1 amide bonds. The maximum Gasteiger partial charge on any atom is 0.409 e. The normalized spacial score (nSPS) is 11.7. The lowest BCUT2D eigenvalue weighted by Crippen LogP contribution is -2.34. The fourth-order valence-corrected chi connectivity index (χ4v) is 1.22. The van der Waals surface area contributed by atoms with Gasteiger partial charge in [0.1, 0.15) is 6.61 Å². The van der Waals surface area contributed by atoms with E-state index < -0.39 is 0 Å². The molecule has 19 heavy (non-hydrogen) atoms. The first-order chi connectivity index (χ1) is 8.72. The summed E-state index contributed by atoms with van der Waals surface area (Å²) in [4.78, 5) is 15.2. The van der Waals surface area contributed by atoms with Crippen molar-refractivity contribution in [2.24, 2.45) is 5.41 Å². The Morgan fingerprint density at radius 3 is 2.16 bits per heavy atom. The molecule has 0 aliphatic rings. The molecule has 5 heteroatoms. The first-order valence-corrected chi connectivity index (χ1v) is 6.83. The molecule has 0 radical (unpaired) electrons. The van der Waals surface area contributed by atoms with Gasteiger partial charge in [-0.15, -0.1) is 0 Å². The van der Waals surface area contributed by atoms with Crippen LogP contribution in [0.4, 0.5) is 4.79 Å². The lowest BCUT2D eigenvalue weighted by atomic mass is 9.93. The molecule has 0 heterocycles. The number of carbonyl (C=O) groups is 1. The Bertz CT molecular complexity index is 250. The van der Waals surface area contributed by atoms with Gasteiger partial charge in [0, 0.05) is 26.7 Å². The minimum Gasteiger partial charge on any atom is -0.447 e. The Labute approximate surface area is 117 Å². The molecule has 0 aliphatic heterocycles. The average Bonchev–Trinajstić information content (AvgIpc) is 2.28. The molecule has 0 aromatic carbocycles. The van der Waals surface area contributed by atoms with Crippen LogP contribution in [0.15, 0.2) is 0 Å². The van der Waals surface area contributed by atoms with Gasteiger partial charge in [0.15, 0.2) is 0 Å². The lowest BCUT2D eigenvalue weighted by Gasteiger charge is -2.20. The van der Waals surface area contributed by atoms with Crippen LogP contribution in [0.5, 0.6) is 0 Å². The zero-order valence-corrected chi connectivity index (χ0v) is 13.4. The van der Waals surface area contributed by atoms with Gasteiger partial charge in [-0.05, 0) is 25.9 Å². The van der Waals surface area contributed by atoms with Crippen molar-refractivity contribution >= 4 is 6.09 Å². The Morgan fingerprint density at radius 1 is 1.00 bits per heavy atom. The van der Waals surface area contributed by atoms with Gasteiger partial charge in [-0.1, -0.05) is 20.8 Å². The summed E-state index contributed by atoms with van der Waals surface area (Å²) in [6, 6.07) is 0. The van der Waals surface area contributed by atoms with Crippen LogP contribution in [0.1, 0.15) is 27.2 Å². The maximum atomic E-state index is 11.6. The second kappa shape index (κ2) is 9.15. The van der Waals surface area contributed by atoms with Crippen LogP contribution in [-0.4, -0.2) is 69.9 Å². The van der Waals surface area contributed by atoms with Gasteiger partial charge in [-0.3, -0.25) is 0 Å². The Hall–Kier alpha value is -0.810. The van der Waals surface area contributed by atoms with Crippen molar-refractivity contribution in [1.29, 1.82) is 0 Å². The fraction of sp³-hybridized carbons (Fsp3) is 0.929. The number of ether oxygens (including phenoxy) is 2. The molecule has 0 fully saturated rings. The Morgan fingerprint density at radius 2 is 1.63 bits per heavy atom. The van der Waals surface area contributed by atoms with Crippen LogP contribution in [0.2, 0.25) is 0 Å². The van der Waals surface area contributed by atoms with Crippen LogP contribution in [0, 0.1) is 5.41 Å². The molecule has 0 bridgehead atoms. The van der Waals surface area contributed by atoms with E-state index in [9.17, 15) is 4.79 Å². The number of hydrogen-bond acceptors (Lipinski definition) is 4. The second-order valence-corrected chi connectivity index (χ2v) is 6.26. The van der Waals surface area contributed by atoms with E-state index in [1.165, 1.54) is 0 Å². The number of amides is 1. The van der Waals surface area contributed by atoms with Crippen LogP contribution < -0.4 is 0 Å². The summed E-state index contributed by atoms with van der Waals surface area (Å²) in [6.45, 7) is 9.50. The predicted octanol–water partition coefficient (Wildman–Crippen LogP) is 2.07. The average molecular weight is 274 g/mol. The molecule has 0 unspecified atom stereocenters. The second-order valence-electron chi connectivity index (χ2n) is 6.26. The molecule has 0 saturated heterocycles. The van der Waals surface area contributed by atoms with E-state index in [1.54, 1.807) is 11.9 Å². The summed E-state index contributed by atoms with van der Waals surface area (Å²) >= 11 is 0. The van der Waals surface area contributed by atoms with Crippen molar-refractivity contribution < 1.29 is 14.3 Å². The zero-order chi connectivity index (χ0) is 14.9. The summed E-state index contributed by atoms with van der Waals surface area (Å²) in [5.74, 6) is 0. The molecule has 0 atom stereocenters. The molecule has 0 aromatic rings. The molecule has 0 rings (SSSR count). The SMILES string of the molecule is CN(C)CCN(C)C(=O)OCCOCCC(C)(C)C.